The first-order valence-corrected chi connectivity index (χ1v) is 9.82. The van der Waals surface area contributed by atoms with E-state index < -0.39 is 16.7 Å². The second kappa shape index (κ2) is 9.31. The summed E-state index contributed by atoms with van der Waals surface area (Å²) in [6.45, 7) is 1.50. The number of rotatable bonds is 5. The number of para-hydroxylation sites is 1. The van der Waals surface area contributed by atoms with E-state index in [1.165, 1.54) is 18.2 Å². The standard InChI is InChI=1S/C20H21N5O4S/c21-18(26)14-6-2-3-7-15(14)22-20(30)23-19(27)13-8-9-16(17(12-13)25(28)29)24-10-4-1-5-11-24/h2-3,6-9,12H,1,4-5,10-11H2,(H2,21,26)(H2,22,23,27,30). The number of nitrogens with one attached hydrogen (secondary N) is 2. The minimum Gasteiger partial charge on any atom is -0.366 e. The van der Waals surface area contributed by atoms with E-state index in [1.807, 2.05) is 4.90 Å². The molecule has 1 aliphatic rings. The second-order valence-electron chi connectivity index (χ2n) is 6.83. The Labute approximate surface area is 178 Å². The highest BCUT2D eigenvalue weighted by atomic mass is 32.1. The monoisotopic (exact) mass is 427 g/mol. The molecular weight excluding hydrogens is 406 g/mol. The molecule has 1 aliphatic heterocycles. The molecule has 10 heteroatoms. The van der Waals surface area contributed by atoms with Crippen LogP contribution in [0.4, 0.5) is 17.1 Å². The fourth-order valence-corrected chi connectivity index (χ4v) is 3.55. The zero-order chi connectivity index (χ0) is 21.7. The Morgan fingerprint density at radius 1 is 1.10 bits per heavy atom. The number of nitrogens with two attached hydrogens (primary N) is 1. The number of carbonyl (C=O) groups is 2. The van der Waals surface area contributed by atoms with Gasteiger partial charge in [-0.05, 0) is 55.7 Å². The van der Waals surface area contributed by atoms with Crippen molar-refractivity contribution < 1.29 is 14.5 Å². The molecule has 2 aromatic rings. The first-order chi connectivity index (χ1) is 14.4. The number of hydrogen-bond donors (Lipinski definition) is 3. The highest BCUT2D eigenvalue weighted by molar-refractivity contribution is 7.80. The molecule has 4 N–H and O–H groups in total. The maximum Gasteiger partial charge on any atom is 0.293 e. The number of primary amides is 1. The summed E-state index contributed by atoms with van der Waals surface area (Å²) in [5.74, 6) is -1.24. The maximum atomic E-state index is 12.6. The van der Waals surface area contributed by atoms with Gasteiger partial charge < -0.3 is 16.0 Å². The van der Waals surface area contributed by atoms with Crippen LogP contribution in [0.2, 0.25) is 0 Å². The smallest absolute Gasteiger partial charge is 0.293 e. The van der Waals surface area contributed by atoms with Crippen LogP contribution >= 0.6 is 12.2 Å². The molecule has 0 radical (unpaired) electrons. The van der Waals surface area contributed by atoms with Gasteiger partial charge in [-0.1, -0.05) is 12.1 Å². The van der Waals surface area contributed by atoms with Crippen LogP contribution in [0.1, 0.15) is 40.0 Å². The maximum absolute atomic E-state index is 12.6. The van der Waals surface area contributed by atoms with Crippen molar-refractivity contribution in [2.45, 2.75) is 19.3 Å². The SMILES string of the molecule is NC(=O)c1ccccc1NC(=S)NC(=O)c1ccc(N2CCCCC2)c([N+](=O)[O-])c1. The molecule has 1 fully saturated rings. The van der Waals surface area contributed by atoms with E-state index in [-0.39, 0.29) is 21.9 Å². The number of thiocarbonyl (C=S) groups is 1. The lowest BCUT2D eigenvalue weighted by Crippen LogP contribution is -2.35. The number of nitro groups is 1. The van der Waals surface area contributed by atoms with Gasteiger partial charge in [-0.15, -0.1) is 0 Å². The molecule has 0 saturated carbocycles. The predicted molar refractivity (Wildman–Crippen MR) is 118 cm³/mol. The molecule has 0 bridgehead atoms. The third-order valence-electron chi connectivity index (χ3n) is 4.80. The lowest BCUT2D eigenvalue weighted by Gasteiger charge is -2.28. The number of anilines is 2. The molecule has 2 aromatic carbocycles. The number of carbonyl (C=O) groups excluding carboxylic acids is 2. The summed E-state index contributed by atoms with van der Waals surface area (Å²) in [6, 6.07) is 10.8. The van der Waals surface area contributed by atoms with E-state index in [2.05, 4.69) is 10.6 Å². The summed E-state index contributed by atoms with van der Waals surface area (Å²) < 4.78 is 0. The van der Waals surface area contributed by atoms with E-state index in [4.69, 9.17) is 18.0 Å². The van der Waals surface area contributed by atoms with Gasteiger partial charge in [-0.2, -0.15) is 0 Å². The fourth-order valence-electron chi connectivity index (χ4n) is 3.35. The summed E-state index contributed by atoms with van der Waals surface area (Å²) in [5, 5.41) is 16.7. The van der Waals surface area contributed by atoms with Crippen LogP contribution in [0, 0.1) is 10.1 Å². The zero-order valence-corrected chi connectivity index (χ0v) is 16.9. The van der Waals surface area contributed by atoms with Crippen LogP contribution in [-0.4, -0.2) is 34.9 Å². The van der Waals surface area contributed by atoms with E-state index >= 15 is 0 Å². The van der Waals surface area contributed by atoms with Gasteiger partial charge in [0.2, 0.25) is 0 Å². The van der Waals surface area contributed by atoms with Gasteiger partial charge >= 0.3 is 0 Å². The Morgan fingerprint density at radius 2 is 1.80 bits per heavy atom. The Morgan fingerprint density at radius 3 is 2.47 bits per heavy atom. The second-order valence-corrected chi connectivity index (χ2v) is 7.23. The van der Waals surface area contributed by atoms with Gasteiger partial charge in [0, 0.05) is 24.7 Å². The highest BCUT2D eigenvalue weighted by Gasteiger charge is 2.23. The van der Waals surface area contributed by atoms with Crippen LogP contribution in [0.25, 0.3) is 0 Å². The largest absolute Gasteiger partial charge is 0.366 e. The number of nitrogens with zero attached hydrogens (tertiary/aromatic N) is 2. The summed E-state index contributed by atoms with van der Waals surface area (Å²) >= 11 is 5.13. The number of amides is 2. The van der Waals surface area contributed by atoms with E-state index in [0.29, 0.717) is 11.4 Å². The quantitative estimate of drug-likeness (QED) is 0.380. The van der Waals surface area contributed by atoms with Crippen molar-refractivity contribution >= 4 is 46.2 Å². The van der Waals surface area contributed by atoms with Gasteiger partial charge in [-0.25, -0.2) is 0 Å². The normalized spacial score (nSPS) is 13.4. The van der Waals surface area contributed by atoms with Crippen LogP contribution < -0.4 is 21.3 Å². The Hall–Kier alpha value is -3.53. The molecule has 156 valence electrons. The number of hydrogen-bond acceptors (Lipinski definition) is 6. The van der Waals surface area contributed by atoms with Crippen LogP contribution in [0.15, 0.2) is 42.5 Å². The Bertz CT molecular complexity index is 1000. The average molecular weight is 427 g/mol. The van der Waals surface area contributed by atoms with E-state index in [0.717, 1.165) is 32.4 Å². The third-order valence-corrected chi connectivity index (χ3v) is 5.00. The van der Waals surface area contributed by atoms with Crippen molar-refractivity contribution in [3.63, 3.8) is 0 Å². The number of nitro benzene ring substituents is 1. The van der Waals surface area contributed by atoms with Crippen LogP contribution in [0.3, 0.4) is 0 Å². The summed E-state index contributed by atoms with van der Waals surface area (Å²) in [4.78, 5) is 37.1. The van der Waals surface area contributed by atoms with Gasteiger partial charge in [-0.3, -0.25) is 25.0 Å². The number of piperidine rings is 1. The molecule has 0 spiro atoms. The Balaban J connectivity index is 1.75. The van der Waals surface area contributed by atoms with Gasteiger partial charge in [0.1, 0.15) is 5.69 Å². The first-order valence-electron chi connectivity index (χ1n) is 9.41. The molecule has 30 heavy (non-hydrogen) atoms. The lowest BCUT2D eigenvalue weighted by molar-refractivity contribution is -0.384. The fraction of sp³-hybridized carbons (Fsp3) is 0.250. The van der Waals surface area contributed by atoms with E-state index in [1.54, 1.807) is 24.3 Å². The van der Waals surface area contributed by atoms with Crippen LogP contribution in [0.5, 0.6) is 0 Å². The molecule has 2 amide bonds. The third kappa shape index (κ3) is 4.90. The number of benzene rings is 2. The molecular formula is C20H21N5O4S. The summed E-state index contributed by atoms with van der Waals surface area (Å²) in [6.07, 6.45) is 3.06. The molecule has 0 aromatic heterocycles. The van der Waals surface area contributed by atoms with Gasteiger partial charge in [0.05, 0.1) is 16.2 Å². The highest BCUT2D eigenvalue weighted by Crippen LogP contribution is 2.31. The minimum atomic E-state index is -0.642. The summed E-state index contributed by atoms with van der Waals surface area (Å²) in [5.41, 5.74) is 6.38. The Kier molecular flexibility index (Phi) is 6.58. The topological polar surface area (TPSA) is 131 Å². The van der Waals surface area contributed by atoms with E-state index in [9.17, 15) is 19.7 Å². The van der Waals surface area contributed by atoms with Crippen LogP contribution in [-0.2, 0) is 0 Å². The molecule has 9 nitrogen and oxygen atoms in total. The predicted octanol–water partition coefficient (Wildman–Crippen LogP) is 2.81. The molecule has 0 atom stereocenters. The van der Waals surface area contributed by atoms with Crippen molar-refractivity contribution in [1.29, 1.82) is 0 Å². The lowest BCUT2D eigenvalue weighted by atomic mass is 10.1. The van der Waals surface area contributed by atoms with Crippen molar-refractivity contribution in [3.8, 4) is 0 Å². The zero-order valence-electron chi connectivity index (χ0n) is 16.1. The molecule has 3 rings (SSSR count). The van der Waals surface area contributed by atoms with Crippen molar-refractivity contribution in [1.82, 2.24) is 5.32 Å². The minimum absolute atomic E-state index is 0.0588. The molecule has 1 heterocycles. The molecule has 0 unspecified atom stereocenters. The van der Waals surface area contributed by atoms with Crippen molar-refractivity contribution in [2.24, 2.45) is 5.73 Å². The van der Waals surface area contributed by atoms with Crippen molar-refractivity contribution in [3.05, 3.63) is 63.7 Å². The molecule has 1 saturated heterocycles. The first kappa shape index (κ1) is 21.2. The average Bonchev–Trinajstić information content (AvgIpc) is 2.74. The van der Waals surface area contributed by atoms with Gasteiger partial charge in [0.25, 0.3) is 17.5 Å². The summed E-state index contributed by atoms with van der Waals surface area (Å²) in [7, 11) is 0. The van der Waals surface area contributed by atoms with Gasteiger partial charge in [0.15, 0.2) is 5.11 Å². The van der Waals surface area contributed by atoms with Crippen molar-refractivity contribution in [2.75, 3.05) is 23.3 Å². The molecule has 0 aliphatic carbocycles.